The zero-order valence-electron chi connectivity index (χ0n) is 11.4. The minimum Gasteiger partial charge on any atom is -0.494 e. The predicted molar refractivity (Wildman–Crippen MR) is 64.3 cm³/mol. The van der Waals surface area contributed by atoms with Gasteiger partial charge in [0.25, 0.3) is 0 Å². The smallest absolute Gasteiger partial charge is 0.307 e. The van der Waals surface area contributed by atoms with Gasteiger partial charge in [-0.3, -0.25) is 9.59 Å². The molecule has 0 N–H and O–H groups in total. The molecule has 0 aromatic carbocycles. The summed E-state index contributed by atoms with van der Waals surface area (Å²) >= 11 is 0. The molecule has 0 saturated carbocycles. The quantitative estimate of drug-likeness (QED) is 0.723. The van der Waals surface area contributed by atoms with E-state index in [1.54, 1.807) is 0 Å². The molecule has 1 rings (SSSR count). The molecular formula is C13H20O5. The first-order valence-corrected chi connectivity index (χ1v) is 6.04. The molecule has 5 nitrogen and oxygen atoms in total. The van der Waals surface area contributed by atoms with Crippen LogP contribution in [0.2, 0.25) is 0 Å². The van der Waals surface area contributed by atoms with Crippen molar-refractivity contribution in [3.8, 4) is 0 Å². The van der Waals surface area contributed by atoms with Crippen molar-refractivity contribution in [3.63, 3.8) is 0 Å². The predicted octanol–water partition coefficient (Wildman–Crippen LogP) is 2.01. The molecule has 0 saturated heterocycles. The fraction of sp³-hybridized carbons (Fsp3) is 0.692. The lowest BCUT2D eigenvalue weighted by atomic mass is 9.88. The van der Waals surface area contributed by atoms with E-state index in [1.807, 2.05) is 20.8 Å². The fourth-order valence-corrected chi connectivity index (χ4v) is 2.12. The second-order valence-corrected chi connectivity index (χ2v) is 4.85. The van der Waals surface area contributed by atoms with Gasteiger partial charge in [-0.05, 0) is 5.92 Å². The summed E-state index contributed by atoms with van der Waals surface area (Å²) in [5.74, 6) is -0.421. The maximum Gasteiger partial charge on any atom is 0.307 e. The minimum atomic E-state index is -0.576. The zero-order chi connectivity index (χ0) is 13.9. The van der Waals surface area contributed by atoms with Crippen LogP contribution in [0.3, 0.4) is 0 Å². The molecule has 0 radical (unpaired) electrons. The van der Waals surface area contributed by atoms with Gasteiger partial charge in [-0.25, -0.2) is 0 Å². The largest absolute Gasteiger partial charge is 0.494 e. The molecule has 3 atom stereocenters. The Morgan fingerprint density at radius 2 is 1.89 bits per heavy atom. The standard InChI is InChI=1S/C13H20O5/c1-7(2)12-8(3)13(18-10(5)15)11(6-16-12)17-9(4)14/h6-8,12-13H,1-5H3/t8-,12+,13-/m0/s1. The normalized spacial score (nSPS) is 27.2. The van der Waals surface area contributed by atoms with Crippen molar-refractivity contribution in [1.29, 1.82) is 0 Å². The van der Waals surface area contributed by atoms with E-state index in [2.05, 4.69) is 0 Å². The number of hydrogen-bond acceptors (Lipinski definition) is 5. The van der Waals surface area contributed by atoms with E-state index in [4.69, 9.17) is 14.2 Å². The lowest BCUT2D eigenvalue weighted by molar-refractivity contribution is -0.159. The average Bonchev–Trinajstić information content (AvgIpc) is 2.21. The number of hydrogen-bond donors (Lipinski definition) is 0. The highest BCUT2D eigenvalue weighted by molar-refractivity contribution is 5.68. The summed E-state index contributed by atoms with van der Waals surface area (Å²) in [6.45, 7) is 8.59. The van der Waals surface area contributed by atoms with Crippen LogP contribution in [0.1, 0.15) is 34.6 Å². The van der Waals surface area contributed by atoms with Crippen LogP contribution in [0.25, 0.3) is 0 Å². The van der Waals surface area contributed by atoms with Gasteiger partial charge in [0.15, 0.2) is 11.9 Å². The molecular weight excluding hydrogens is 236 g/mol. The highest BCUT2D eigenvalue weighted by atomic mass is 16.6. The third-order valence-corrected chi connectivity index (χ3v) is 2.83. The van der Waals surface area contributed by atoms with Crippen LogP contribution in [-0.4, -0.2) is 24.1 Å². The Bertz CT molecular complexity index is 358. The average molecular weight is 256 g/mol. The van der Waals surface area contributed by atoms with Crippen LogP contribution in [0.15, 0.2) is 12.0 Å². The van der Waals surface area contributed by atoms with Crippen LogP contribution in [-0.2, 0) is 23.8 Å². The molecule has 0 unspecified atom stereocenters. The summed E-state index contributed by atoms with van der Waals surface area (Å²) in [4.78, 5) is 22.1. The van der Waals surface area contributed by atoms with Crippen molar-refractivity contribution in [2.75, 3.05) is 0 Å². The van der Waals surface area contributed by atoms with E-state index in [1.165, 1.54) is 20.1 Å². The Morgan fingerprint density at radius 1 is 1.28 bits per heavy atom. The van der Waals surface area contributed by atoms with Gasteiger partial charge in [0.2, 0.25) is 0 Å². The van der Waals surface area contributed by atoms with Crippen molar-refractivity contribution in [2.24, 2.45) is 11.8 Å². The van der Waals surface area contributed by atoms with E-state index >= 15 is 0 Å². The SMILES string of the molecule is CC(=O)OC1=CO[C@H](C(C)C)[C@H](C)[C@@H]1OC(C)=O. The highest BCUT2D eigenvalue weighted by Crippen LogP contribution is 2.31. The molecule has 0 amide bonds. The second kappa shape index (κ2) is 5.89. The summed E-state index contributed by atoms with van der Waals surface area (Å²) in [6, 6.07) is 0. The molecule has 0 spiro atoms. The summed E-state index contributed by atoms with van der Waals surface area (Å²) in [5, 5.41) is 0. The lowest BCUT2D eigenvalue weighted by Crippen LogP contribution is -2.42. The van der Waals surface area contributed by atoms with Crippen molar-refractivity contribution in [3.05, 3.63) is 12.0 Å². The van der Waals surface area contributed by atoms with Crippen molar-refractivity contribution in [2.45, 2.75) is 46.8 Å². The number of esters is 2. The maximum atomic E-state index is 11.1. The number of carbonyl (C=O) groups excluding carboxylic acids is 2. The molecule has 0 fully saturated rings. The van der Waals surface area contributed by atoms with E-state index in [-0.39, 0.29) is 23.7 Å². The van der Waals surface area contributed by atoms with Crippen LogP contribution >= 0.6 is 0 Å². The molecule has 0 aromatic heterocycles. The van der Waals surface area contributed by atoms with Crippen LogP contribution < -0.4 is 0 Å². The molecule has 102 valence electrons. The van der Waals surface area contributed by atoms with Gasteiger partial charge < -0.3 is 14.2 Å². The fourth-order valence-electron chi connectivity index (χ4n) is 2.12. The van der Waals surface area contributed by atoms with Gasteiger partial charge in [0.05, 0.1) is 0 Å². The lowest BCUT2D eigenvalue weighted by Gasteiger charge is -2.36. The van der Waals surface area contributed by atoms with E-state index < -0.39 is 18.0 Å². The summed E-state index contributed by atoms with van der Waals surface area (Å²) in [5.41, 5.74) is 0. The van der Waals surface area contributed by atoms with E-state index in [0.29, 0.717) is 0 Å². The van der Waals surface area contributed by atoms with Crippen molar-refractivity contribution in [1.82, 2.24) is 0 Å². The topological polar surface area (TPSA) is 61.8 Å². The Morgan fingerprint density at radius 3 is 2.33 bits per heavy atom. The monoisotopic (exact) mass is 256 g/mol. The third-order valence-electron chi connectivity index (χ3n) is 2.83. The molecule has 0 aliphatic carbocycles. The molecule has 1 heterocycles. The first kappa shape index (κ1) is 14.5. The van der Waals surface area contributed by atoms with Gasteiger partial charge >= 0.3 is 11.9 Å². The molecule has 5 heteroatoms. The number of ether oxygens (including phenoxy) is 3. The number of rotatable bonds is 3. The van der Waals surface area contributed by atoms with Crippen LogP contribution in [0, 0.1) is 11.8 Å². The summed E-state index contributed by atoms with van der Waals surface area (Å²) in [7, 11) is 0. The van der Waals surface area contributed by atoms with Gasteiger partial charge in [0.1, 0.15) is 12.4 Å². The van der Waals surface area contributed by atoms with Gasteiger partial charge in [0, 0.05) is 19.8 Å². The summed E-state index contributed by atoms with van der Waals surface area (Å²) < 4.78 is 15.8. The summed E-state index contributed by atoms with van der Waals surface area (Å²) in [6.07, 6.45) is 0.723. The van der Waals surface area contributed by atoms with Gasteiger partial charge in [-0.2, -0.15) is 0 Å². The third kappa shape index (κ3) is 3.48. The van der Waals surface area contributed by atoms with Gasteiger partial charge in [-0.1, -0.05) is 20.8 Å². The molecule has 0 bridgehead atoms. The molecule has 18 heavy (non-hydrogen) atoms. The Kier molecular flexibility index (Phi) is 4.76. The van der Waals surface area contributed by atoms with Crippen molar-refractivity contribution >= 4 is 11.9 Å². The highest BCUT2D eigenvalue weighted by Gasteiger charge is 2.39. The maximum absolute atomic E-state index is 11.1. The molecule has 0 aromatic rings. The Balaban J connectivity index is 2.93. The Hall–Kier alpha value is -1.52. The molecule has 1 aliphatic heterocycles. The van der Waals surface area contributed by atoms with Gasteiger partial charge in [-0.15, -0.1) is 0 Å². The molecule has 1 aliphatic rings. The van der Waals surface area contributed by atoms with Crippen LogP contribution in [0.4, 0.5) is 0 Å². The van der Waals surface area contributed by atoms with E-state index in [9.17, 15) is 9.59 Å². The zero-order valence-corrected chi connectivity index (χ0v) is 11.4. The first-order chi connectivity index (χ1) is 8.32. The Labute approximate surface area is 107 Å². The second-order valence-electron chi connectivity index (χ2n) is 4.85. The van der Waals surface area contributed by atoms with Crippen LogP contribution in [0.5, 0.6) is 0 Å². The van der Waals surface area contributed by atoms with Crippen molar-refractivity contribution < 1.29 is 23.8 Å². The minimum absolute atomic E-state index is 0.0753. The first-order valence-electron chi connectivity index (χ1n) is 6.04. The van der Waals surface area contributed by atoms with E-state index in [0.717, 1.165) is 0 Å². The number of carbonyl (C=O) groups is 2.